The maximum Gasteiger partial charge on any atom is 0.161 e. The van der Waals surface area contributed by atoms with Crippen LogP contribution in [0.5, 0.6) is 0 Å². The van der Waals surface area contributed by atoms with Gasteiger partial charge in [-0.25, -0.2) is 15.0 Å². The van der Waals surface area contributed by atoms with Crippen LogP contribution in [-0.4, -0.2) is 19.5 Å². The summed E-state index contributed by atoms with van der Waals surface area (Å²) < 4.78 is 2.39. The van der Waals surface area contributed by atoms with Crippen molar-refractivity contribution in [3.8, 4) is 73.1 Å². The molecule has 0 N–H and O–H groups in total. The van der Waals surface area contributed by atoms with Gasteiger partial charge >= 0.3 is 0 Å². The minimum absolute atomic E-state index is 0.707. The fourth-order valence-corrected chi connectivity index (χ4v) is 9.23. The fraction of sp³-hybridized carbons (Fsp3) is 0. The zero-order valence-electron chi connectivity index (χ0n) is 34.2. The highest BCUT2D eigenvalue weighted by Gasteiger charge is 2.21. The van der Waals surface area contributed by atoms with Crippen molar-refractivity contribution < 1.29 is 0 Å². The molecule has 294 valence electrons. The Morgan fingerprint density at radius 3 is 1.43 bits per heavy atom. The molecular formula is C59H38N4. The monoisotopic (exact) mass is 802 g/mol. The maximum absolute atomic E-state index is 5.30. The summed E-state index contributed by atoms with van der Waals surface area (Å²) in [5, 5.41) is 5.87. The second kappa shape index (κ2) is 15.2. The Bertz CT molecular complexity index is 3580. The molecule has 0 atom stereocenters. The van der Waals surface area contributed by atoms with Gasteiger partial charge in [0.05, 0.1) is 33.6 Å². The molecule has 0 fully saturated rings. The van der Waals surface area contributed by atoms with E-state index in [1.54, 1.807) is 0 Å². The quantitative estimate of drug-likeness (QED) is 0.161. The molecule has 12 aromatic rings. The zero-order chi connectivity index (χ0) is 41.7. The van der Waals surface area contributed by atoms with Gasteiger partial charge in [0.1, 0.15) is 0 Å². The molecule has 0 radical (unpaired) electrons. The highest BCUT2D eigenvalue weighted by Crippen LogP contribution is 2.42. The molecule has 9 aromatic carbocycles. The lowest BCUT2D eigenvalue weighted by molar-refractivity contribution is 1.17. The van der Waals surface area contributed by atoms with E-state index in [-0.39, 0.29) is 0 Å². The van der Waals surface area contributed by atoms with Crippen molar-refractivity contribution in [1.82, 2.24) is 19.5 Å². The average Bonchev–Trinajstić information content (AvgIpc) is 3.72. The molecule has 0 spiro atoms. The Balaban J connectivity index is 0.919. The van der Waals surface area contributed by atoms with Crippen LogP contribution in [0.25, 0.3) is 117 Å². The van der Waals surface area contributed by atoms with Gasteiger partial charge < -0.3 is 4.57 Å². The highest BCUT2D eigenvalue weighted by molar-refractivity contribution is 6.23. The van der Waals surface area contributed by atoms with Crippen molar-refractivity contribution >= 4 is 43.5 Å². The van der Waals surface area contributed by atoms with Gasteiger partial charge in [-0.3, -0.25) is 0 Å². The number of nitrogens with zero attached hydrogens (tertiary/aromatic N) is 4. The number of rotatable bonds is 7. The van der Waals surface area contributed by atoms with E-state index < -0.39 is 0 Å². The van der Waals surface area contributed by atoms with Gasteiger partial charge in [0.2, 0.25) is 0 Å². The van der Waals surface area contributed by atoms with E-state index in [2.05, 4.69) is 223 Å². The molecule has 4 heteroatoms. The lowest BCUT2D eigenvalue weighted by Gasteiger charge is -2.14. The number of aromatic nitrogens is 4. The Labute approximate surface area is 365 Å². The molecule has 0 saturated carbocycles. The van der Waals surface area contributed by atoms with Gasteiger partial charge in [-0.05, 0) is 69.4 Å². The van der Waals surface area contributed by atoms with Crippen molar-refractivity contribution in [2.24, 2.45) is 0 Å². The van der Waals surface area contributed by atoms with Gasteiger partial charge in [-0.1, -0.05) is 194 Å². The second-order valence-corrected chi connectivity index (χ2v) is 15.9. The van der Waals surface area contributed by atoms with Crippen LogP contribution in [0.15, 0.2) is 231 Å². The minimum Gasteiger partial charge on any atom is -0.307 e. The molecule has 0 saturated heterocycles. The SMILES string of the molecule is c1ccc(-c2cc(-c3ccccc3)nc(-c3ccc(-c4ccc(-c5ccc(-n6c7ccccc7c7c8ccccc8nc(-c8ccccc8)c76)cc5)cc4)c4ccccc34)n2)cc1. The number of benzene rings is 9. The molecule has 0 bridgehead atoms. The van der Waals surface area contributed by atoms with Gasteiger partial charge in [-0.2, -0.15) is 0 Å². The van der Waals surface area contributed by atoms with Gasteiger partial charge in [0, 0.05) is 44.1 Å². The lowest BCUT2D eigenvalue weighted by atomic mass is 9.93. The van der Waals surface area contributed by atoms with Crippen molar-refractivity contribution in [2.75, 3.05) is 0 Å². The molecule has 4 nitrogen and oxygen atoms in total. The van der Waals surface area contributed by atoms with Crippen LogP contribution in [0, 0.1) is 0 Å². The molecule has 12 rings (SSSR count). The summed E-state index contributed by atoms with van der Waals surface area (Å²) in [5.41, 5.74) is 16.0. The topological polar surface area (TPSA) is 43.6 Å². The number of para-hydroxylation sites is 2. The Morgan fingerprint density at radius 2 is 0.794 bits per heavy atom. The summed E-state index contributed by atoms with van der Waals surface area (Å²) in [4.78, 5) is 15.6. The second-order valence-electron chi connectivity index (χ2n) is 15.9. The van der Waals surface area contributed by atoms with E-state index in [0.29, 0.717) is 5.82 Å². The molecule has 0 amide bonds. The molecule has 0 aliphatic rings. The standard InChI is InChI=1S/C59H38N4/c1-4-16-42(17-5-1)53-38-54(43-18-6-2-7-19-43)62-59(61-53)49-37-36-46(47-22-10-11-23-48(47)49)41-30-28-39(29-31-41)40-32-34-45(35-33-40)63-55-27-15-13-25-51(55)56-50-24-12-14-26-52(50)60-57(58(56)63)44-20-8-3-9-21-44/h1-38H. The summed E-state index contributed by atoms with van der Waals surface area (Å²) in [6.07, 6.45) is 0. The van der Waals surface area contributed by atoms with Crippen LogP contribution in [-0.2, 0) is 0 Å². The van der Waals surface area contributed by atoms with E-state index in [1.807, 2.05) is 12.1 Å². The molecule has 0 aliphatic heterocycles. The van der Waals surface area contributed by atoms with Crippen LogP contribution in [0.2, 0.25) is 0 Å². The van der Waals surface area contributed by atoms with Crippen molar-refractivity contribution in [3.05, 3.63) is 231 Å². The van der Waals surface area contributed by atoms with E-state index in [0.717, 1.165) is 94.4 Å². The first-order valence-corrected chi connectivity index (χ1v) is 21.4. The van der Waals surface area contributed by atoms with Crippen molar-refractivity contribution in [1.29, 1.82) is 0 Å². The van der Waals surface area contributed by atoms with Crippen LogP contribution < -0.4 is 0 Å². The third kappa shape index (κ3) is 6.36. The molecule has 0 aliphatic carbocycles. The van der Waals surface area contributed by atoms with E-state index >= 15 is 0 Å². The Hall–Kier alpha value is -8.47. The van der Waals surface area contributed by atoms with E-state index in [4.69, 9.17) is 15.0 Å². The van der Waals surface area contributed by atoms with Crippen LogP contribution in [0.3, 0.4) is 0 Å². The predicted molar refractivity (Wildman–Crippen MR) is 262 cm³/mol. The zero-order valence-corrected chi connectivity index (χ0v) is 34.2. The Morgan fingerprint density at radius 1 is 0.317 bits per heavy atom. The minimum atomic E-state index is 0.707. The summed E-state index contributed by atoms with van der Waals surface area (Å²) in [6, 6.07) is 81.4. The lowest BCUT2D eigenvalue weighted by Crippen LogP contribution is -1.97. The van der Waals surface area contributed by atoms with Gasteiger partial charge in [0.25, 0.3) is 0 Å². The molecular weight excluding hydrogens is 765 g/mol. The predicted octanol–water partition coefficient (Wildman–Crippen LogP) is 15.3. The first kappa shape index (κ1) is 36.4. The summed E-state index contributed by atoms with van der Waals surface area (Å²) in [7, 11) is 0. The average molecular weight is 803 g/mol. The molecule has 0 unspecified atom stereocenters. The van der Waals surface area contributed by atoms with Crippen molar-refractivity contribution in [2.45, 2.75) is 0 Å². The van der Waals surface area contributed by atoms with Crippen LogP contribution in [0.4, 0.5) is 0 Å². The Kier molecular flexibility index (Phi) is 8.79. The number of hydrogen-bond acceptors (Lipinski definition) is 3. The smallest absolute Gasteiger partial charge is 0.161 e. The van der Waals surface area contributed by atoms with Crippen LogP contribution in [0.1, 0.15) is 0 Å². The van der Waals surface area contributed by atoms with Crippen molar-refractivity contribution in [3.63, 3.8) is 0 Å². The third-order valence-corrected chi connectivity index (χ3v) is 12.2. The van der Waals surface area contributed by atoms with Gasteiger partial charge in [0.15, 0.2) is 5.82 Å². The van der Waals surface area contributed by atoms with Gasteiger partial charge in [-0.15, -0.1) is 0 Å². The van der Waals surface area contributed by atoms with Crippen LogP contribution >= 0.6 is 0 Å². The largest absolute Gasteiger partial charge is 0.307 e. The normalized spacial score (nSPS) is 11.5. The first-order chi connectivity index (χ1) is 31.2. The van der Waals surface area contributed by atoms with E-state index in [1.165, 1.54) is 16.3 Å². The summed E-state index contributed by atoms with van der Waals surface area (Å²) in [6.45, 7) is 0. The highest BCUT2D eigenvalue weighted by atomic mass is 15.0. The first-order valence-electron chi connectivity index (χ1n) is 21.4. The fourth-order valence-electron chi connectivity index (χ4n) is 9.23. The number of fused-ring (bicyclic) bond motifs is 6. The number of hydrogen-bond donors (Lipinski definition) is 0. The maximum atomic E-state index is 5.30. The third-order valence-electron chi connectivity index (χ3n) is 12.2. The molecule has 63 heavy (non-hydrogen) atoms. The molecule has 3 heterocycles. The number of pyridine rings is 1. The molecule has 3 aromatic heterocycles. The summed E-state index contributed by atoms with van der Waals surface area (Å²) >= 11 is 0. The van der Waals surface area contributed by atoms with E-state index in [9.17, 15) is 0 Å². The summed E-state index contributed by atoms with van der Waals surface area (Å²) in [5.74, 6) is 0.707.